The lowest BCUT2D eigenvalue weighted by molar-refractivity contribution is -0.144. The molecule has 0 spiro atoms. The summed E-state index contributed by atoms with van der Waals surface area (Å²) in [5.74, 6) is -1.28. The van der Waals surface area contributed by atoms with Gasteiger partial charge in [0.05, 0.1) is 16.5 Å². The average molecular weight is 484 g/mol. The molecule has 0 bridgehead atoms. The zero-order chi connectivity index (χ0) is 25.3. The molecule has 0 saturated heterocycles. The molecular weight excluding hydrogens is 462 g/mol. The molecule has 3 aromatic rings. The Labute approximate surface area is 192 Å². The summed E-state index contributed by atoms with van der Waals surface area (Å²) in [4.78, 5) is 0. The van der Waals surface area contributed by atoms with E-state index in [2.05, 4.69) is 0 Å². The van der Waals surface area contributed by atoms with Gasteiger partial charge in [0.25, 0.3) is 0 Å². The molecule has 0 fully saturated rings. The Kier molecular flexibility index (Phi) is 6.64. The van der Waals surface area contributed by atoms with E-state index in [0.717, 1.165) is 12.1 Å². The van der Waals surface area contributed by atoms with Gasteiger partial charge in [-0.2, -0.15) is 26.3 Å². The van der Waals surface area contributed by atoms with Crippen molar-refractivity contribution >= 4 is 11.4 Å². The lowest BCUT2D eigenvalue weighted by Gasteiger charge is -2.36. The number of halogens is 6. The van der Waals surface area contributed by atoms with Crippen LogP contribution in [0.2, 0.25) is 0 Å². The Bertz CT molecular complexity index is 1080. The largest absolute Gasteiger partial charge is 0.453 e. The van der Waals surface area contributed by atoms with Crippen molar-refractivity contribution in [3.05, 3.63) is 83.4 Å². The Morgan fingerprint density at radius 2 is 1.06 bits per heavy atom. The van der Waals surface area contributed by atoms with Crippen molar-refractivity contribution in [2.24, 2.45) is 0 Å². The first kappa shape index (κ1) is 25.1. The van der Waals surface area contributed by atoms with E-state index in [1.165, 1.54) is 12.1 Å². The fraction of sp³-hybridized carbons (Fsp3) is 0.250. The third-order valence-corrected chi connectivity index (χ3v) is 5.19. The quantitative estimate of drug-likeness (QED) is 0.234. The van der Waals surface area contributed by atoms with E-state index in [4.69, 9.17) is 20.9 Å². The second-order valence-electron chi connectivity index (χ2n) is 8.16. The van der Waals surface area contributed by atoms with Crippen LogP contribution in [0.3, 0.4) is 0 Å². The zero-order valence-corrected chi connectivity index (χ0v) is 18.2. The van der Waals surface area contributed by atoms with Crippen LogP contribution in [-0.2, 0) is 17.8 Å². The summed E-state index contributed by atoms with van der Waals surface area (Å²) in [7, 11) is 0. The summed E-state index contributed by atoms with van der Waals surface area (Å²) < 4.78 is 93.2. The standard InChI is InChI=1S/C24H22F6N2O2/c1-22(2,14-6-4-3-5-7-14)21(33-19-10-8-15(31)12-17(19)23(25,26)27)34-20-11-9-16(32)13-18(20)24(28,29)30/h3-13,21H,31-32H2,1-2H3. The molecule has 3 aromatic carbocycles. The van der Waals surface area contributed by atoms with Gasteiger partial charge in [-0.05, 0) is 55.8 Å². The van der Waals surface area contributed by atoms with E-state index in [1.54, 1.807) is 44.2 Å². The van der Waals surface area contributed by atoms with Crippen molar-refractivity contribution in [1.29, 1.82) is 0 Å². The van der Waals surface area contributed by atoms with Gasteiger partial charge in [0.15, 0.2) is 0 Å². The molecule has 0 aliphatic heterocycles. The molecule has 0 amide bonds. The van der Waals surface area contributed by atoms with Gasteiger partial charge < -0.3 is 20.9 Å². The molecular formula is C24H22F6N2O2. The van der Waals surface area contributed by atoms with Crippen molar-refractivity contribution in [1.82, 2.24) is 0 Å². The first-order valence-electron chi connectivity index (χ1n) is 10.0. The van der Waals surface area contributed by atoms with Crippen LogP contribution < -0.4 is 20.9 Å². The molecule has 0 aliphatic carbocycles. The predicted octanol–water partition coefficient (Wildman–Crippen LogP) is 6.65. The SMILES string of the molecule is CC(C)(c1ccccc1)C(Oc1ccc(N)cc1C(F)(F)F)Oc1ccc(N)cc1C(F)(F)F. The molecule has 0 radical (unpaired) electrons. The molecule has 0 saturated carbocycles. The van der Waals surface area contributed by atoms with Gasteiger partial charge in [-0.3, -0.25) is 0 Å². The maximum atomic E-state index is 13.7. The lowest BCUT2D eigenvalue weighted by Crippen LogP contribution is -2.43. The molecule has 0 unspecified atom stereocenters. The highest BCUT2D eigenvalue weighted by atomic mass is 19.4. The van der Waals surface area contributed by atoms with E-state index in [0.29, 0.717) is 17.7 Å². The number of anilines is 2. The highest BCUT2D eigenvalue weighted by Crippen LogP contribution is 2.42. The molecule has 3 rings (SSSR count). The van der Waals surface area contributed by atoms with Gasteiger partial charge in [0, 0.05) is 11.4 Å². The van der Waals surface area contributed by atoms with Gasteiger partial charge in [-0.15, -0.1) is 0 Å². The van der Waals surface area contributed by atoms with Gasteiger partial charge in [0.2, 0.25) is 6.29 Å². The van der Waals surface area contributed by atoms with Crippen molar-refractivity contribution in [2.45, 2.75) is 37.9 Å². The van der Waals surface area contributed by atoms with E-state index < -0.39 is 46.7 Å². The van der Waals surface area contributed by atoms with Crippen molar-refractivity contribution in [3.63, 3.8) is 0 Å². The lowest BCUT2D eigenvalue weighted by atomic mass is 9.83. The predicted molar refractivity (Wildman–Crippen MR) is 116 cm³/mol. The third kappa shape index (κ3) is 5.49. The number of nitrogens with two attached hydrogens (primary N) is 2. The van der Waals surface area contributed by atoms with E-state index in [1.807, 2.05) is 0 Å². The number of benzene rings is 3. The van der Waals surface area contributed by atoms with Gasteiger partial charge >= 0.3 is 12.4 Å². The minimum absolute atomic E-state index is 0.155. The normalized spacial score (nSPS) is 12.6. The summed E-state index contributed by atoms with van der Waals surface area (Å²) >= 11 is 0. The number of nitrogen functional groups attached to an aromatic ring is 2. The molecule has 0 aliphatic rings. The first-order chi connectivity index (χ1) is 15.7. The topological polar surface area (TPSA) is 70.5 Å². The van der Waals surface area contributed by atoms with Crippen LogP contribution in [0.1, 0.15) is 30.5 Å². The second-order valence-corrected chi connectivity index (χ2v) is 8.16. The van der Waals surface area contributed by atoms with E-state index >= 15 is 0 Å². The Morgan fingerprint density at radius 3 is 1.44 bits per heavy atom. The summed E-state index contributed by atoms with van der Waals surface area (Å²) in [6.07, 6.45) is -11.3. The van der Waals surface area contributed by atoms with Crippen molar-refractivity contribution in [2.75, 3.05) is 11.5 Å². The average Bonchev–Trinajstić information content (AvgIpc) is 2.74. The smallest absolute Gasteiger partial charge is 0.420 e. The number of hydrogen-bond acceptors (Lipinski definition) is 4. The fourth-order valence-corrected chi connectivity index (χ4v) is 3.30. The summed E-state index contributed by atoms with van der Waals surface area (Å²) in [5.41, 5.74) is 7.72. The molecule has 0 aromatic heterocycles. The van der Waals surface area contributed by atoms with Crippen LogP contribution in [0, 0.1) is 0 Å². The van der Waals surface area contributed by atoms with E-state index in [-0.39, 0.29) is 11.4 Å². The van der Waals surface area contributed by atoms with Gasteiger partial charge in [0.1, 0.15) is 11.5 Å². The third-order valence-electron chi connectivity index (χ3n) is 5.19. The molecule has 4 N–H and O–H groups in total. The summed E-state index contributed by atoms with van der Waals surface area (Å²) in [5, 5.41) is 0. The highest BCUT2D eigenvalue weighted by molar-refractivity contribution is 5.50. The second kappa shape index (κ2) is 9.00. The molecule has 34 heavy (non-hydrogen) atoms. The monoisotopic (exact) mass is 484 g/mol. The Hall–Kier alpha value is -3.56. The van der Waals surface area contributed by atoms with Gasteiger partial charge in [-0.1, -0.05) is 30.3 Å². The zero-order valence-electron chi connectivity index (χ0n) is 18.2. The summed E-state index contributed by atoms with van der Waals surface area (Å²) in [6.45, 7) is 3.17. The number of rotatable bonds is 6. The van der Waals surface area contributed by atoms with Crippen molar-refractivity contribution in [3.8, 4) is 11.5 Å². The van der Waals surface area contributed by atoms with E-state index in [9.17, 15) is 26.3 Å². The minimum Gasteiger partial charge on any atom is -0.453 e. The van der Waals surface area contributed by atoms with Crippen LogP contribution in [0.25, 0.3) is 0 Å². The maximum Gasteiger partial charge on any atom is 0.420 e. The Morgan fingerprint density at radius 1 is 0.647 bits per heavy atom. The Balaban J connectivity index is 2.13. The van der Waals surface area contributed by atoms with Crippen LogP contribution in [-0.4, -0.2) is 6.29 Å². The summed E-state index contributed by atoms with van der Waals surface area (Å²) in [6, 6.07) is 14.2. The number of hydrogen-bond donors (Lipinski definition) is 2. The van der Waals surface area contributed by atoms with Crippen LogP contribution >= 0.6 is 0 Å². The molecule has 0 atom stereocenters. The highest BCUT2D eigenvalue weighted by Gasteiger charge is 2.42. The maximum absolute atomic E-state index is 13.7. The van der Waals surface area contributed by atoms with Crippen LogP contribution in [0.5, 0.6) is 11.5 Å². The fourth-order valence-electron chi connectivity index (χ4n) is 3.30. The molecule has 182 valence electrons. The van der Waals surface area contributed by atoms with Crippen molar-refractivity contribution < 1.29 is 35.8 Å². The minimum atomic E-state index is -4.83. The molecule has 4 nitrogen and oxygen atoms in total. The molecule has 10 heteroatoms. The number of ether oxygens (including phenoxy) is 2. The first-order valence-corrected chi connectivity index (χ1v) is 10.0. The molecule has 0 heterocycles. The number of alkyl halides is 6. The van der Waals surface area contributed by atoms with Crippen LogP contribution in [0.4, 0.5) is 37.7 Å². The van der Waals surface area contributed by atoms with Crippen LogP contribution in [0.15, 0.2) is 66.7 Å². The van der Waals surface area contributed by atoms with Gasteiger partial charge in [-0.25, -0.2) is 0 Å².